The van der Waals surface area contributed by atoms with Crippen LogP contribution >= 0.6 is 12.4 Å². The van der Waals surface area contributed by atoms with Crippen molar-refractivity contribution in [1.82, 2.24) is 10.6 Å². The van der Waals surface area contributed by atoms with Crippen LogP contribution in [0.1, 0.15) is 43.2 Å². The lowest BCUT2D eigenvalue weighted by Gasteiger charge is -2.29. The quantitative estimate of drug-likeness (QED) is 0.729. The van der Waals surface area contributed by atoms with E-state index in [1.165, 1.54) is 0 Å². The van der Waals surface area contributed by atoms with E-state index in [0.717, 1.165) is 43.5 Å². The zero-order valence-electron chi connectivity index (χ0n) is 16.0. The minimum Gasteiger partial charge on any atom is -0.351 e. The summed E-state index contributed by atoms with van der Waals surface area (Å²) in [5.74, 6) is -0.338. The smallest absolute Gasteiger partial charge is 0.242 e. The highest BCUT2D eigenvalue weighted by Gasteiger charge is 2.53. The predicted molar refractivity (Wildman–Crippen MR) is 110 cm³/mol. The highest BCUT2D eigenvalue weighted by atomic mass is 35.5. The van der Waals surface area contributed by atoms with E-state index in [0.29, 0.717) is 29.8 Å². The van der Waals surface area contributed by atoms with E-state index in [1.807, 2.05) is 19.1 Å². The van der Waals surface area contributed by atoms with Crippen LogP contribution in [-0.4, -0.2) is 38.7 Å². The Kier molecular flexibility index (Phi) is 7.11. The third kappa shape index (κ3) is 4.23. The number of halogens is 1. The molecule has 0 radical (unpaired) electrons. The average Bonchev–Trinajstić information content (AvgIpc) is 3.14. The second kappa shape index (κ2) is 8.76. The number of hydrogen-bond donors (Lipinski definition) is 2. The van der Waals surface area contributed by atoms with Crippen LogP contribution in [-0.2, 0) is 14.6 Å². The fraction of sp³-hybridized carbons (Fsp3) is 0.550. The van der Waals surface area contributed by atoms with Crippen molar-refractivity contribution in [2.75, 3.05) is 19.6 Å². The summed E-state index contributed by atoms with van der Waals surface area (Å²) in [5, 5.41) is 6.17. The molecule has 0 atom stereocenters. The third-order valence-electron chi connectivity index (χ3n) is 5.61. The van der Waals surface area contributed by atoms with Gasteiger partial charge >= 0.3 is 0 Å². The normalized spacial score (nSPS) is 19.1. The van der Waals surface area contributed by atoms with E-state index in [4.69, 9.17) is 0 Å². The lowest BCUT2D eigenvalue weighted by atomic mass is 10.1. The Bertz CT molecular complexity index is 828. The molecule has 2 aliphatic rings. The van der Waals surface area contributed by atoms with E-state index in [9.17, 15) is 13.2 Å². The summed E-state index contributed by atoms with van der Waals surface area (Å²) in [6, 6.07) is 5.43. The largest absolute Gasteiger partial charge is 0.351 e. The molecular formula is C20H29ClN2O3S. The molecule has 1 fully saturated rings. The van der Waals surface area contributed by atoms with Gasteiger partial charge in [0.1, 0.15) is 0 Å². The van der Waals surface area contributed by atoms with Gasteiger partial charge in [-0.05, 0) is 56.8 Å². The maximum Gasteiger partial charge on any atom is 0.242 e. The topological polar surface area (TPSA) is 75.3 Å². The first kappa shape index (κ1) is 21.9. The average molecular weight is 413 g/mol. The number of nitrogens with one attached hydrogen (secondary N) is 2. The number of carbonyl (C=O) groups is 1. The summed E-state index contributed by atoms with van der Waals surface area (Å²) in [6.45, 7) is 5.81. The number of aryl methyl sites for hydroxylation is 2. The fourth-order valence-corrected chi connectivity index (χ4v) is 6.35. The van der Waals surface area contributed by atoms with E-state index in [2.05, 4.69) is 16.7 Å². The van der Waals surface area contributed by atoms with Crippen LogP contribution in [0.4, 0.5) is 0 Å². The molecule has 5 nitrogen and oxygen atoms in total. The lowest BCUT2D eigenvalue weighted by molar-refractivity contribution is -0.123. The van der Waals surface area contributed by atoms with E-state index in [1.54, 1.807) is 13.0 Å². The van der Waals surface area contributed by atoms with Gasteiger partial charge in [0.15, 0.2) is 14.6 Å². The first-order valence-corrected chi connectivity index (χ1v) is 10.8. The minimum atomic E-state index is -3.75. The van der Waals surface area contributed by atoms with Crippen molar-refractivity contribution in [2.24, 2.45) is 0 Å². The van der Waals surface area contributed by atoms with Gasteiger partial charge in [-0.25, -0.2) is 8.42 Å². The highest BCUT2D eigenvalue weighted by molar-refractivity contribution is 7.93. The van der Waals surface area contributed by atoms with Crippen molar-refractivity contribution < 1.29 is 13.2 Å². The van der Waals surface area contributed by atoms with Crippen LogP contribution in [0.25, 0.3) is 0 Å². The molecule has 2 N–H and O–H groups in total. The van der Waals surface area contributed by atoms with Gasteiger partial charge < -0.3 is 10.6 Å². The van der Waals surface area contributed by atoms with Crippen LogP contribution in [0.2, 0.25) is 0 Å². The Hall–Kier alpha value is -1.37. The summed E-state index contributed by atoms with van der Waals surface area (Å²) < 4.78 is 25.7. The summed E-state index contributed by atoms with van der Waals surface area (Å²) >= 11 is 0. The van der Waals surface area contributed by atoms with Crippen molar-refractivity contribution >= 4 is 28.2 Å². The van der Waals surface area contributed by atoms with Crippen molar-refractivity contribution in [2.45, 2.75) is 55.6 Å². The molecule has 1 aliphatic carbocycles. The third-order valence-corrected chi connectivity index (χ3v) is 8.25. The molecule has 1 saturated carbocycles. The van der Waals surface area contributed by atoms with Gasteiger partial charge in [-0.3, -0.25) is 4.79 Å². The Labute approximate surface area is 168 Å². The molecule has 150 valence electrons. The number of carbonyl (C=O) groups excluding carboxylic acids is 1. The number of rotatable bonds is 5. The maximum atomic E-state index is 13.5. The van der Waals surface area contributed by atoms with Gasteiger partial charge in [0, 0.05) is 13.1 Å². The zero-order valence-corrected chi connectivity index (χ0v) is 17.6. The van der Waals surface area contributed by atoms with Crippen molar-refractivity contribution in [3.8, 4) is 0 Å². The Morgan fingerprint density at radius 3 is 2.56 bits per heavy atom. The van der Waals surface area contributed by atoms with Gasteiger partial charge in [-0.2, -0.15) is 0 Å². The van der Waals surface area contributed by atoms with Gasteiger partial charge in [0.2, 0.25) is 5.91 Å². The van der Waals surface area contributed by atoms with Crippen molar-refractivity contribution in [1.29, 1.82) is 0 Å². The van der Waals surface area contributed by atoms with E-state index < -0.39 is 14.6 Å². The zero-order chi connectivity index (χ0) is 18.8. The second-order valence-electron chi connectivity index (χ2n) is 7.47. The first-order valence-electron chi connectivity index (χ1n) is 9.36. The Morgan fingerprint density at radius 1 is 1.22 bits per heavy atom. The van der Waals surface area contributed by atoms with Crippen LogP contribution in [0.5, 0.6) is 0 Å². The molecule has 1 aromatic carbocycles. The standard InChI is InChI=1S/C20H28N2O3S.ClH/c1-15-5-6-16(2)18(13-15)26(24,25)20(9-3-4-10-20)19(23)22-14-17-7-11-21-12-8-17;/h5-7,13,21H,3-4,8-12,14H2,1-2H3,(H,22,23);1H. The molecular weight excluding hydrogens is 384 g/mol. The molecule has 27 heavy (non-hydrogen) atoms. The SMILES string of the molecule is Cc1ccc(C)c(S(=O)(=O)C2(C(=O)NCC3=CCNCC3)CCCC2)c1.Cl. The molecule has 0 unspecified atom stereocenters. The number of hydrogen-bond acceptors (Lipinski definition) is 4. The molecule has 7 heteroatoms. The minimum absolute atomic E-state index is 0. The Balaban J connectivity index is 0.00000261. The molecule has 3 rings (SSSR count). The molecule has 0 saturated heterocycles. The van der Waals surface area contributed by atoms with Crippen molar-refractivity contribution in [3.63, 3.8) is 0 Å². The first-order chi connectivity index (χ1) is 12.4. The molecule has 1 aliphatic heterocycles. The summed E-state index contributed by atoms with van der Waals surface area (Å²) in [6.07, 6.45) is 5.29. The van der Waals surface area contributed by atoms with Crippen LogP contribution in [0, 0.1) is 13.8 Å². The maximum absolute atomic E-state index is 13.5. The predicted octanol–water partition coefficient (Wildman–Crippen LogP) is 2.85. The summed E-state index contributed by atoms with van der Waals surface area (Å²) in [7, 11) is -3.75. The molecule has 1 aromatic rings. The summed E-state index contributed by atoms with van der Waals surface area (Å²) in [4.78, 5) is 13.4. The van der Waals surface area contributed by atoms with Gasteiger partial charge in [0.05, 0.1) is 4.90 Å². The second-order valence-corrected chi connectivity index (χ2v) is 9.70. The van der Waals surface area contributed by atoms with Crippen LogP contribution in [0.15, 0.2) is 34.7 Å². The van der Waals surface area contributed by atoms with E-state index in [-0.39, 0.29) is 18.3 Å². The van der Waals surface area contributed by atoms with Gasteiger partial charge in [-0.1, -0.05) is 36.6 Å². The molecule has 1 heterocycles. The monoisotopic (exact) mass is 412 g/mol. The van der Waals surface area contributed by atoms with Crippen molar-refractivity contribution in [3.05, 3.63) is 41.0 Å². The van der Waals surface area contributed by atoms with Gasteiger partial charge in [-0.15, -0.1) is 12.4 Å². The molecule has 1 amide bonds. The summed E-state index contributed by atoms with van der Waals surface area (Å²) in [5.41, 5.74) is 2.76. The number of benzene rings is 1. The van der Waals surface area contributed by atoms with Crippen LogP contribution in [0.3, 0.4) is 0 Å². The van der Waals surface area contributed by atoms with E-state index >= 15 is 0 Å². The fourth-order valence-electron chi connectivity index (χ4n) is 3.96. The van der Waals surface area contributed by atoms with Crippen LogP contribution < -0.4 is 10.6 Å². The molecule has 0 bridgehead atoms. The number of sulfone groups is 1. The highest BCUT2D eigenvalue weighted by Crippen LogP contribution is 2.41. The Morgan fingerprint density at radius 2 is 1.93 bits per heavy atom. The molecule has 0 spiro atoms. The molecule has 0 aromatic heterocycles. The van der Waals surface area contributed by atoms with Gasteiger partial charge in [0.25, 0.3) is 0 Å². The lowest BCUT2D eigenvalue weighted by Crippen LogP contribution is -2.51. The number of amides is 1.